The Morgan fingerprint density at radius 1 is 1.56 bits per heavy atom. The molecule has 1 aliphatic rings. The second-order valence-electron chi connectivity index (χ2n) is 3.77. The molecule has 1 N–H and O–H groups in total. The van der Waals surface area contributed by atoms with Crippen molar-refractivity contribution in [1.29, 1.82) is 5.26 Å². The van der Waals surface area contributed by atoms with E-state index >= 15 is 0 Å². The van der Waals surface area contributed by atoms with E-state index < -0.39 is 5.54 Å². The van der Waals surface area contributed by atoms with E-state index in [0.29, 0.717) is 23.4 Å². The minimum absolute atomic E-state index is 0.301. The molecule has 2 rings (SSSR count). The molecule has 1 aromatic carbocycles. The van der Waals surface area contributed by atoms with Gasteiger partial charge >= 0.3 is 0 Å². The van der Waals surface area contributed by atoms with Crippen LogP contribution < -0.4 is 5.32 Å². The molecule has 5 heteroatoms. The molecule has 3 nitrogen and oxygen atoms in total. The maximum absolute atomic E-state index is 11.9. The van der Waals surface area contributed by atoms with Crippen LogP contribution in [-0.2, 0) is 0 Å². The first-order chi connectivity index (χ1) is 7.56. The van der Waals surface area contributed by atoms with Gasteiger partial charge in [-0.2, -0.15) is 5.26 Å². The van der Waals surface area contributed by atoms with Gasteiger partial charge in [0.1, 0.15) is 5.54 Å². The van der Waals surface area contributed by atoms with Gasteiger partial charge in [-0.15, -0.1) is 0 Å². The highest BCUT2D eigenvalue weighted by molar-refractivity contribution is 9.10. The number of halogens is 2. The molecule has 0 unspecified atom stereocenters. The van der Waals surface area contributed by atoms with Gasteiger partial charge in [-0.3, -0.25) is 4.79 Å². The highest BCUT2D eigenvalue weighted by atomic mass is 79.9. The van der Waals surface area contributed by atoms with Crippen LogP contribution in [0.3, 0.4) is 0 Å². The highest BCUT2D eigenvalue weighted by Crippen LogP contribution is 2.35. The van der Waals surface area contributed by atoms with Gasteiger partial charge in [-0.05, 0) is 31.0 Å². The van der Waals surface area contributed by atoms with Crippen LogP contribution in [0.4, 0.5) is 0 Å². The zero-order valence-corrected chi connectivity index (χ0v) is 10.6. The Labute approximate surface area is 107 Å². The zero-order valence-electron chi connectivity index (χ0n) is 8.26. The number of nitrogens with one attached hydrogen (secondary N) is 1. The smallest absolute Gasteiger partial charge is 0.254 e. The van der Waals surface area contributed by atoms with Crippen LogP contribution in [0.1, 0.15) is 23.2 Å². The normalized spacial score (nSPS) is 16.3. The number of nitrogens with zero attached hydrogens (tertiary/aromatic N) is 1. The number of rotatable bonds is 2. The van der Waals surface area contributed by atoms with E-state index in [9.17, 15) is 4.79 Å². The molecule has 0 atom stereocenters. The van der Waals surface area contributed by atoms with Gasteiger partial charge in [0.15, 0.2) is 0 Å². The molecule has 1 amide bonds. The SMILES string of the molecule is N#CC1(NC(=O)c2cc(Br)ccc2Cl)CC1. The first kappa shape index (κ1) is 11.4. The summed E-state index contributed by atoms with van der Waals surface area (Å²) < 4.78 is 0.781. The van der Waals surface area contributed by atoms with Crippen LogP contribution in [0.15, 0.2) is 22.7 Å². The molecule has 0 aliphatic heterocycles. The van der Waals surface area contributed by atoms with E-state index in [-0.39, 0.29) is 5.91 Å². The molecular weight excluding hydrogens is 291 g/mol. The molecule has 0 aromatic heterocycles. The van der Waals surface area contributed by atoms with Gasteiger partial charge in [0, 0.05) is 4.47 Å². The number of nitriles is 1. The number of hydrogen-bond donors (Lipinski definition) is 1. The van der Waals surface area contributed by atoms with Crippen molar-refractivity contribution in [3.8, 4) is 6.07 Å². The summed E-state index contributed by atoms with van der Waals surface area (Å²) in [5, 5.41) is 11.9. The predicted molar refractivity (Wildman–Crippen MR) is 64.2 cm³/mol. The van der Waals surface area contributed by atoms with Crippen LogP contribution in [0.2, 0.25) is 5.02 Å². The number of amides is 1. The fourth-order valence-electron chi connectivity index (χ4n) is 1.35. The lowest BCUT2D eigenvalue weighted by molar-refractivity contribution is 0.0941. The minimum Gasteiger partial charge on any atom is -0.334 e. The van der Waals surface area contributed by atoms with Crippen molar-refractivity contribution in [3.05, 3.63) is 33.3 Å². The molecule has 1 saturated carbocycles. The summed E-state index contributed by atoms with van der Waals surface area (Å²) in [6.45, 7) is 0. The van der Waals surface area contributed by atoms with E-state index in [0.717, 1.165) is 4.47 Å². The van der Waals surface area contributed by atoms with Gasteiger partial charge in [-0.1, -0.05) is 27.5 Å². The second-order valence-corrected chi connectivity index (χ2v) is 5.10. The summed E-state index contributed by atoms with van der Waals surface area (Å²) in [6, 6.07) is 7.15. The van der Waals surface area contributed by atoms with E-state index in [1.54, 1.807) is 18.2 Å². The summed E-state index contributed by atoms with van der Waals surface area (Å²) in [5.41, 5.74) is -0.277. The zero-order chi connectivity index (χ0) is 11.8. The van der Waals surface area contributed by atoms with Crippen molar-refractivity contribution >= 4 is 33.4 Å². The Kier molecular flexibility index (Phi) is 2.92. The van der Waals surface area contributed by atoms with Crippen molar-refractivity contribution < 1.29 is 4.79 Å². The van der Waals surface area contributed by atoms with Gasteiger partial charge in [0.25, 0.3) is 5.91 Å². The lowest BCUT2D eigenvalue weighted by Gasteiger charge is -2.10. The Balaban J connectivity index is 2.22. The van der Waals surface area contributed by atoms with Gasteiger partial charge in [0.05, 0.1) is 16.7 Å². The molecule has 0 spiro atoms. The number of benzene rings is 1. The number of hydrogen-bond acceptors (Lipinski definition) is 2. The van der Waals surface area contributed by atoms with Gasteiger partial charge in [-0.25, -0.2) is 0 Å². The van der Waals surface area contributed by atoms with Gasteiger partial charge < -0.3 is 5.32 Å². The summed E-state index contributed by atoms with van der Waals surface area (Å²) in [4.78, 5) is 11.9. The topological polar surface area (TPSA) is 52.9 Å². The molecule has 1 fully saturated rings. The molecule has 82 valence electrons. The fourth-order valence-corrected chi connectivity index (χ4v) is 1.91. The summed E-state index contributed by atoms with van der Waals surface area (Å²) in [5.74, 6) is -0.301. The number of carbonyl (C=O) groups is 1. The predicted octanol–water partition coefficient (Wildman–Crippen LogP) is 2.89. The molecule has 0 heterocycles. The Bertz CT molecular complexity index is 491. The van der Waals surface area contributed by atoms with Crippen LogP contribution in [0.5, 0.6) is 0 Å². The molecule has 0 radical (unpaired) electrons. The minimum atomic E-state index is -0.664. The van der Waals surface area contributed by atoms with E-state index in [4.69, 9.17) is 16.9 Å². The fraction of sp³-hybridized carbons (Fsp3) is 0.273. The first-order valence-electron chi connectivity index (χ1n) is 4.75. The van der Waals surface area contributed by atoms with Crippen LogP contribution in [0, 0.1) is 11.3 Å². The summed E-state index contributed by atoms with van der Waals surface area (Å²) in [7, 11) is 0. The lowest BCUT2D eigenvalue weighted by Crippen LogP contribution is -2.35. The maximum atomic E-state index is 11.9. The maximum Gasteiger partial charge on any atom is 0.254 e. The summed E-state index contributed by atoms with van der Waals surface area (Å²) in [6.07, 6.45) is 1.42. The Morgan fingerprint density at radius 2 is 2.25 bits per heavy atom. The van der Waals surface area contributed by atoms with Gasteiger partial charge in [0.2, 0.25) is 0 Å². The third-order valence-electron chi connectivity index (χ3n) is 2.49. The Morgan fingerprint density at radius 3 is 2.81 bits per heavy atom. The van der Waals surface area contributed by atoms with Crippen LogP contribution in [-0.4, -0.2) is 11.4 Å². The van der Waals surface area contributed by atoms with Crippen molar-refractivity contribution in [3.63, 3.8) is 0 Å². The molecule has 16 heavy (non-hydrogen) atoms. The summed E-state index contributed by atoms with van der Waals surface area (Å²) >= 11 is 9.19. The van der Waals surface area contributed by atoms with Crippen molar-refractivity contribution in [2.24, 2.45) is 0 Å². The van der Waals surface area contributed by atoms with Crippen molar-refractivity contribution in [1.82, 2.24) is 5.32 Å². The van der Waals surface area contributed by atoms with E-state index in [2.05, 4.69) is 27.3 Å². The van der Waals surface area contributed by atoms with E-state index in [1.807, 2.05) is 0 Å². The third-order valence-corrected chi connectivity index (χ3v) is 3.31. The highest BCUT2D eigenvalue weighted by Gasteiger charge is 2.44. The standard InChI is InChI=1S/C11H8BrClN2O/c12-7-1-2-9(13)8(5-7)10(16)15-11(6-14)3-4-11/h1-2,5H,3-4H2,(H,15,16). The van der Waals surface area contributed by atoms with Crippen molar-refractivity contribution in [2.75, 3.05) is 0 Å². The van der Waals surface area contributed by atoms with Crippen LogP contribution >= 0.6 is 27.5 Å². The molecule has 0 bridgehead atoms. The molecule has 1 aliphatic carbocycles. The second kappa shape index (κ2) is 4.08. The number of carbonyl (C=O) groups excluding carboxylic acids is 1. The molecule has 1 aromatic rings. The average molecular weight is 300 g/mol. The first-order valence-corrected chi connectivity index (χ1v) is 5.92. The quantitative estimate of drug-likeness (QED) is 0.913. The average Bonchev–Trinajstić information content (AvgIpc) is 3.02. The van der Waals surface area contributed by atoms with Crippen molar-refractivity contribution in [2.45, 2.75) is 18.4 Å². The third kappa shape index (κ3) is 2.21. The molecular formula is C11H8BrClN2O. The monoisotopic (exact) mass is 298 g/mol. The van der Waals surface area contributed by atoms with E-state index in [1.165, 1.54) is 0 Å². The lowest BCUT2D eigenvalue weighted by atomic mass is 10.2. The largest absolute Gasteiger partial charge is 0.334 e. The Hall–Kier alpha value is -1.05. The molecule has 0 saturated heterocycles. The van der Waals surface area contributed by atoms with Crippen LogP contribution in [0.25, 0.3) is 0 Å².